The van der Waals surface area contributed by atoms with Gasteiger partial charge in [0.1, 0.15) is 17.6 Å². The average molecular weight is 479 g/mol. The first kappa shape index (κ1) is 25.4. The maximum atomic E-state index is 13.9. The number of amides is 2. The van der Waals surface area contributed by atoms with Crippen molar-refractivity contribution in [2.45, 2.75) is 108 Å². The topological polar surface area (TPSA) is 105 Å². The molecule has 1 saturated carbocycles. The highest BCUT2D eigenvalue weighted by Gasteiger charge is 2.80. The third-order valence-electron chi connectivity index (χ3n) is 8.86. The Morgan fingerprint density at radius 2 is 1.88 bits per heavy atom. The fraction of sp³-hybridized carbons (Fsp3) is 0.885. The number of esters is 1. The summed E-state index contributed by atoms with van der Waals surface area (Å²) in [5, 5.41) is 12.3. The van der Waals surface area contributed by atoms with Crippen molar-refractivity contribution in [3.05, 3.63) is 0 Å². The van der Waals surface area contributed by atoms with Crippen molar-refractivity contribution in [1.29, 1.82) is 0 Å². The molecule has 3 unspecified atom stereocenters. The molecule has 0 radical (unpaired) electrons. The molecule has 1 aliphatic carbocycles. The van der Waals surface area contributed by atoms with Gasteiger partial charge in [-0.1, -0.05) is 39.0 Å². The van der Waals surface area contributed by atoms with Crippen LogP contribution in [0.15, 0.2) is 0 Å². The van der Waals surface area contributed by atoms with Gasteiger partial charge in [0.25, 0.3) is 0 Å². The Hall–Kier alpha value is -1.67. The summed E-state index contributed by atoms with van der Waals surface area (Å²) in [7, 11) is 0. The van der Waals surface area contributed by atoms with E-state index in [0.717, 1.165) is 51.4 Å². The van der Waals surface area contributed by atoms with E-state index in [9.17, 15) is 14.4 Å². The van der Waals surface area contributed by atoms with Crippen LogP contribution in [0.4, 0.5) is 0 Å². The second kappa shape index (κ2) is 10.1. The quantitative estimate of drug-likeness (QED) is 0.369. The lowest BCUT2D eigenvalue weighted by atomic mass is 9.62. The van der Waals surface area contributed by atoms with Crippen molar-refractivity contribution in [2.24, 2.45) is 17.8 Å². The van der Waals surface area contributed by atoms with Gasteiger partial charge in [0.2, 0.25) is 11.8 Å². The standard InChI is InChI=1S/C26H42N2O6/c1-4-33-24(32)20-19-23(31)28(14-10-5-6-11-15-29)21(22(30)27-18-12-8-7-9-13-18)26(19)16-17(2)25(20,3)34-26/h17-21,29H,4-16H2,1-3H3,(H,27,30)/t17?,19-,20+,21?,25-,26?/m0/s1. The Morgan fingerprint density at radius 3 is 2.56 bits per heavy atom. The monoisotopic (exact) mass is 478 g/mol. The smallest absolute Gasteiger partial charge is 0.312 e. The van der Waals surface area contributed by atoms with Crippen molar-refractivity contribution in [3.8, 4) is 0 Å². The number of rotatable bonds is 10. The number of fused-ring (bicyclic) bond motifs is 1. The van der Waals surface area contributed by atoms with E-state index in [2.05, 4.69) is 12.2 Å². The number of carbonyl (C=O) groups excluding carboxylic acids is 3. The summed E-state index contributed by atoms with van der Waals surface area (Å²) in [4.78, 5) is 42.5. The minimum absolute atomic E-state index is 0.0282. The number of likely N-dealkylation sites (tertiary alicyclic amines) is 1. The third-order valence-corrected chi connectivity index (χ3v) is 8.86. The van der Waals surface area contributed by atoms with E-state index in [1.807, 2.05) is 6.92 Å². The maximum Gasteiger partial charge on any atom is 0.312 e. The summed E-state index contributed by atoms with van der Waals surface area (Å²) < 4.78 is 12.1. The van der Waals surface area contributed by atoms with Gasteiger partial charge in [0.05, 0.1) is 18.1 Å². The number of aliphatic hydroxyl groups excluding tert-OH is 1. The minimum Gasteiger partial charge on any atom is -0.466 e. The van der Waals surface area contributed by atoms with E-state index < -0.39 is 35.0 Å². The normalized spacial score (nSPS) is 37.2. The molecule has 6 atom stereocenters. The lowest BCUT2D eigenvalue weighted by molar-refractivity contribution is -0.161. The summed E-state index contributed by atoms with van der Waals surface area (Å²) >= 11 is 0. The molecular formula is C26H42N2O6. The first-order valence-corrected chi connectivity index (χ1v) is 13.4. The van der Waals surface area contributed by atoms with E-state index in [4.69, 9.17) is 14.6 Å². The molecule has 0 aromatic rings. The molecule has 2 bridgehead atoms. The van der Waals surface area contributed by atoms with E-state index in [1.54, 1.807) is 11.8 Å². The van der Waals surface area contributed by atoms with Gasteiger partial charge in [0.15, 0.2) is 0 Å². The second-order valence-electron chi connectivity index (χ2n) is 11.0. The Morgan fingerprint density at radius 1 is 1.18 bits per heavy atom. The first-order valence-electron chi connectivity index (χ1n) is 13.4. The zero-order valence-corrected chi connectivity index (χ0v) is 21.0. The Kier molecular flexibility index (Phi) is 7.58. The lowest BCUT2D eigenvalue weighted by Crippen LogP contribution is -2.57. The molecule has 1 spiro atoms. The number of carbonyl (C=O) groups is 3. The Labute approximate surface area is 203 Å². The molecule has 3 saturated heterocycles. The van der Waals surface area contributed by atoms with Crippen LogP contribution in [-0.2, 0) is 23.9 Å². The summed E-state index contributed by atoms with van der Waals surface area (Å²) in [6.07, 6.45) is 9.14. The molecule has 0 aromatic heterocycles. The van der Waals surface area contributed by atoms with Gasteiger partial charge in [0, 0.05) is 19.2 Å². The van der Waals surface area contributed by atoms with Crippen LogP contribution in [0.25, 0.3) is 0 Å². The van der Waals surface area contributed by atoms with Gasteiger partial charge < -0.3 is 24.8 Å². The van der Waals surface area contributed by atoms with Gasteiger partial charge >= 0.3 is 5.97 Å². The van der Waals surface area contributed by atoms with Crippen molar-refractivity contribution < 1.29 is 29.0 Å². The number of ether oxygens (including phenoxy) is 2. The van der Waals surface area contributed by atoms with Gasteiger partial charge in [-0.3, -0.25) is 14.4 Å². The SMILES string of the molecule is CCOC(=O)[C@H]1[C@H]2C(=O)N(CCCCCCO)C(C(=O)NC3CCCCC3)C23CC(C)[C@]1(C)O3. The number of aliphatic hydroxyl groups is 1. The van der Waals surface area contributed by atoms with E-state index in [-0.39, 0.29) is 37.0 Å². The van der Waals surface area contributed by atoms with Crippen molar-refractivity contribution in [2.75, 3.05) is 19.8 Å². The zero-order valence-electron chi connectivity index (χ0n) is 21.0. The second-order valence-corrected chi connectivity index (χ2v) is 11.0. The van der Waals surface area contributed by atoms with Crippen molar-refractivity contribution in [1.82, 2.24) is 10.2 Å². The highest BCUT2D eigenvalue weighted by Crippen LogP contribution is 2.65. The molecule has 2 N–H and O–H groups in total. The van der Waals surface area contributed by atoms with Crippen molar-refractivity contribution in [3.63, 3.8) is 0 Å². The molecule has 4 rings (SSSR count). The molecule has 3 aliphatic heterocycles. The van der Waals surface area contributed by atoms with Gasteiger partial charge in [-0.05, 0) is 51.9 Å². The molecule has 34 heavy (non-hydrogen) atoms. The summed E-state index contributed by atoms with van der Waals surface area (Å²) in [6, 6.07) is -0.598. The van der Waals surface area contributed by atoms with Crippen LogP contribution in [0.3, 0.4) is 0 Å². The molecule has 192 valence electrons. The van der Waals surface area contributed by atoms with E-state index in [1.165, 1.54) is 6.42 Å². The first-order chi connectivity index (χ1) is 16.3. The van der Waals surface area contributed by atoms with Gasteiger partial charge in [-0.25, -0.2) is 0 Å². The van der Waals surface area contributed by atoms with Crippen LogP contribution in [0.2, 0.25) is 0 Å². The molecule has 2 amide bonds. The summed E-state index contributed by atoms with van der Waals surface area (Å²) in [5.41, 5.74) is -1.81. The molecular weight excluding hydrogens is 436 g/mol. The highest BCUT2D eigenvalue weighted by molar-refractivity contribution is 5.98. The fourth-order valence-corrected chi connectivity index (χ4v) is 7.14. The Bertz CT molecular complexity index is 783. The highest BCUT2D eigenvalue weighted by atomic mass is 16.6. The fourth-order valence-electron chi connectivity index (χ4n) is 7.14. The van der Waals surface area contributed by atoms with Gasteiger partial charge in [-0.2, -0.15) is 0 Å². The van der Waals surface area contributed by atoms with Crippen LogP contribution in [0.5, 0.6) is 0 Å². The molecule has 8 heteroatoms. The van der Waals surface area contributed by atoms with E-state index >= 15 is 0 Å². The predicted molar refractivity (Wildman–Crippen MR) is 126 cm³/mol. The molecule has 8 nitrogen and oxygen atoms in total. The van der Waals surface area contributed by atoms with Crippen LogP contribution >= 0.6 is 0 Å². The number of unbranched alkanes of at least 4 members (excludes halogenated alkanes) is 3. The lowest BCUT2D eigenvalue weighted by Gasteiger charge is -2.36. The van der Waals surface area contributed by atoms with Crippen LogP contribution in [0.1, 0.15) is 85.0 Å². The van der Waals surface area contributed by atoms with Crippen molar-refractivity contribution >= 4 is 17.8 Å². The minimum atomic E-state index is -0.994. The van der Waals surface area contributed by atoms with Crippen LogP contribution in [0, 0.1) is 17.8 Å². The zero-order chi connectivity index (χ0) is 24.5. The van der Waals surface area contributed by atoms with Crippen LogP contribution < -0.4 is 5.32 Å². The number of hydrogen-bond acceptors (Lipinski definition) is 6. The molecule has 3 heterocycles. The molecule has 0 aromatic carbocycles. The summed E-state index contributed by atoms with van der Waals surface area (Å²) in [5.74, 6) is -2.05. The average Bonchev–Trinajstić information content (AvgIpc) is 3.31. The molecule has 4 aliphatic rings. The number of nitrogens with zero attached hydrogens (tertiary/aromatic N) is 1. The Balaban J connectivity index is 1.63. The largest absolute Gasteiger partial charge is 0.466 e. The number of hydrogen-bond donors (Lipinski definition) is 2. The summed E-state index contributed by atoms with van der Waals surface area (Å²) in [6.45, 7) is 6.59. The predicted octanol–water partition coefficient (Wildman–Crippen LogP) is 2.56. The maximum absolute atomic E-state index is 13.9. The third kappa shape index (κ3) is 4.15. The van der Waals surface area contributed by atoms with Crippen LogP contribution in [-0.4, -0.2) is 70.8 Å². The molecule has 4 fully saturated rings. The van der Waals surface area contributed by atoms with E-state index in [0.29, 0.717) is 13.0 Å². The van der Waals surface area contributed by atoms with Gasteiger partial charge in [-0.15, -0.1) is 0 Å². The number of nitrogens with one attached hydrogen (secondary N) is 1.